The molecule has 0 amide bonds. The fraction of sp³-hybridized carbons (Fsp3) is 0.400. The number of hydrogen-bond acceptors (Lipinski definition) is 1. The van der Waals surface area contributed by atoms with Crippen LogP contribution in [0.25, 0.3) is 0 Å². The van der Waals surface area contributed by atoms with Gasteiger partial charge in [-0.05, 0) is 12.1 Å². The van der Waals surface area contributed by atoms with Gasteiger partial charge in [0.25, 0.3) is 0 Å². The van der Waals surface area contributed by atoms with Gasteiger partial charge >= 0.3 is 0 Å². The minimum absolute atomic E-state index is 0. The maximum absolute atomic E-state index is 3.36. The molecule has 1 fully saturated rings. The van der Waals surface area contributed by atoms with Gasteiger partial charge in [0.1, 0.15) is 5.69 Å². The van der Waals surface area contributed by atoms with Crippen LogP contribution in [0, 0.1) is 0 Å². The molecule has 1 heterocycles. The smallest absolute Gasteiger partial charge is 0.131 e. The Kier molecular flexibility index (Phi) is 4.42. The van der Waals surface area contributed by atoms with Crippen LogP contribution in [0.15, 0.2) is 30.3 Å². The van der Waals surface area contributed by atoms with Crippen molar-refractivity contribution in [2.45, 2.75) is 0 Å². The van der Waals surface area contributed by atoms with Crippen molar-refractivity contribution in [3.05, 3.63) is 30.3 Å². The summed E-state index contributed by atoms with van der Waals surface area (Å²) in [6.45, 7) is 4.71. The Morgan fingerprint density at radius 1 is 1.00 bits per heavy atom. The number of hydrogen-bond donors (Lipinski definition) is 2. The summed E-state index contributed by atoms with van der Waals surface area (Å²) < 4.78 is 0. The molecule has 1 saturated heterocycles. The number of halogens is 1. The second-order valence-corrected chi connectivity index (χ2v) is 3.22. The lowest BCUT2D eigenvalue weighted by molar-refractivity contribution is -0.834. The van der Waals surface area contributed by atoms with E-state index in [0.717, 1.165) is 13.1 Å². The van der Waals surface area contributed by atoms with E-state index in [1.165, 1.54) is 18.8 Å². The second kappa shape index (κ2) is 5.37. The van der Waals surface area contributed by atoms with E-state index in [9.17, 15) is 0 Å². The van der Waals surface area contributed by atoms with Crippen LogP contribution in [0.2, 0.25) is 0 Å². The normalized spacial score (nSPS) is 17.8. The lowest BCUT2D eigenvalue weighted by Gasteiger charge is -2.23. The van der Waals surface area contributed by atoms with E-state index in [1.807, 2.05) is 0 Å². The van der Waals surface area contributed by atoms with Crippen LogP contribution in [-0.4, -0.2) is 26.2 Å². The summed E-state index contributed by atoms with van der Waals surface area (Å²) in [6, 6.07) is 10.7. The molecule has 0 aliphatic carbocycles. The van der Waals surface area contributed by atoms with Crippen molar-refractivity contribution >= 4 is 5.69 Å². The largest absolute Gasteiger partial charge is 1.00 e. The molecule has 1 aromatic rings. The van der Waals surface area contributed by atoms with Crippen LogP contribution >= 0.6 is 0 Å². The minimum atomic E-state index is 0. The monoisotopic (exact) mass is 242 g/mol. The van der Waals surface area contributed by atoms with Crippen LogP contribution < -0.4 is 27.2 Å². The Balaban J connectivity index is 0.000000845. The molecular formula is C10H15BrN2. The molecule has 1 aromatic carbocycles. The topological polar surface area (TPSA) is 16.5 Å². The van der Waals surface area contributed by atoms with E-state index < -0.39 is 0 Å². The Labute approximate surface area is 89.7 Å². The molecule has 0 radical (unpaired) electrons. The molecule has 2 N–H and O–H groups in total. The predicted molar refractivity (Wildman–Crippen MR) is 49.7 cm³/mol. The summed E-state index contributed by atoms with van der Waals surface area (Å²) in [4.78, 5) is 1.61. The SMILES string of the molecule is [Br-].c1ccc([NH+]2CCNCC2)cc1. The van der Waals surface area contributed by atoms with Gasteiger partial charge < -0.3 is 27.2 Å². The summed E-state index contributed by atoms with van der Waals surface area (Å²) in [5.74, 6) is 0. The third-order valence-corrected chi connectivity index (χ3v) is 2.39. The van der Waals surface area contributed by atoms with Crippen LogP contribution in [0.1, 0.15) is 0 Å². The van der Waals surface area contributed by atoms with Gasteiger partial charge in [0.05, 0.1) is 13.1 Å². The van der Waals surface area contributed by atoms with Crippen molar-refractivity contribution in [3.8, 4) is 0 Å². The van der Waals surface area contributed by atoms with Crippen molar-refractivity contribution in [1.29, 1.82) is 0 Å². The molecule has 3 heteroatoms. The van der Waals surface area contributed by atoms with E-state index in [-0.39, 0.29) is 17.0 Å². The number of quaternary nitrogens is 1. The Morgan fingerprint density at radius 3 is 2.23 bits per heavy atom. The first kappa shape index (κ1) is 10.7. The molecular weight excluding hydrogens is 228 g/mol. The summed E-state index contributed by atoms with van der Waals surface area (Å²) in [5, 5.41) is 3.36. The van der Waals surface area contributed by atoms with Crippen LogP contribution in [0.4, 0.5) is 5.69 Å². The predicted octanol–water partition coefficient (Wildman–Crippen LogP) is -3.19. The molecule has 1 aliphatic rings. The van der Waals surface area contributed by atoms with Gasteiger partial charge in [0.2, 0.25) is 0 Å². The van der Waals surface area contributed by atoms with Gasteiger partial charge in [-0.25, -0.2) is 0 Å². The van der Waals surface area contributed by atoms with E-state index in [4.69, 9.17) is 0 Å². The molecule has 0 aromatic heterocycles. The quantitative estimate of drug-likeness (QED) is 0.531. The van der Waals surface area contributed by atoms with Gasteiger partial charge in [-0.3, -0.25) is 0 Å². The summed E-state index contributed by atoms with van der Waals surface area (Å²) >= 11 is 0. The lowest BCUT2D eigenvalue weighted by Crippen LogP contribution is -3.10. The number of nitrogens with one attached hydrogen (secondary N) is 2. The van der Waals surface area contributed by atoms with Gasteiger partial charge in [0, 0.05) is 13.1 Å². The zero-order valence-electron chi connectivity index (χ0n) is 7.59. The highest BCUT2D eigenvalue weighted by molar-refractivity contribution is 5.27. The lowest BCUT2D eigenvalue weighted by atomic mass is 10.2. The fourth-order valence-corrected chi connectivity index (χ4v) is 1.69. The highest BCUT2D eigenvalue weighted by Gasteiger charge is 2.14. The molecule has 2 nitrogen and oxygen atoms in total. The summed E-state index contributed by atoms with van der Waals surface area (Å²) in [5.41, 5.74) is 1.43. The Morgan fingerprint density at radius 2 is 1.62 bits per heavy atom. The number of piperazine rings is 1. The first-order chi connectivity index (χ1) is 5.97. The molecule has 72 valence electrons. The number of rotatable bonds is 1. The van der Waals surface area contributed by atoms with E-state index in [1.54, 1.807) is 4.90 Å². The van der Waals surface area contributed by atoms with E-state index in [0.29, 0.717) is 0 Å². The molecule has 0 atom stereocenters. The average Bonchev–Trinajstić information content (AvgIpc) is 2.21. The van der Waals surface area contributed by atoms with E-state index >= 15 is 0 Å². The molecule has 0 bridgehead atoms. The van der Waals surface area contributed by atoms with Crippen molar-refractivity contribution < 1.29 is 21.9 Å². The number of para-hydroxylation sites is 1. The zero-order valence-corrected chi connectivity index (χ0v) is 9.18. The molecule has 0 saturated carbocycles. The minimum Gasteiger partial charge on any atom is -1.00 e. The summed E-state index contributed by atoms with van der Waals surface area (Å²) in [6.07, 6.45) is 0. The van der Waals surface area contributed by atoms with Gasteiger partial charge in [-0.15, -0.1) is 0 Å². The first-order valence-electron chi connectivity index (χ1n) is 4.57. The average molecular weight is 243 g/mol. The number of benzene rings is 1. The van der Waals surface area contributed by atoms with Crippen molar-refractivity contribution in [3.63, 3.8) is 0 Å². The van der Waals surface area contributed by atoms with Crippen LogP contribution in [0.5, 0.6) is 0 Å². The molecule has 2 rings (SSSR count). The third-order valence-electron chi connectivity index (χ3n) is 2.39. The van der Waals surface area contributed by atoms with Gasteiger partial charge in [-0.2, -0.15) is 0 Å². The van der Waals surface area contributed by atoms with Gasteiger partial charge in [-0.1, -0.05) is 18.2 Å². The van der Waals surface area contributed by atoms with Gasteiger partial charge in [0.15, 0.2) is 0 Å². The highest BCUT2D eigenvalue weighted by atomic mass is 79.9. The highest BCUT2D eigenvalue weighted by Crippen LogP contribution is 1.98. The Hall–Kier alpha value is -0.380. The second-order valence-electron chi connectivity index (χ2n) is 3.22. The first-order valence-corrected chi connectivity index (χ1v) is 4.57. The molecule has 0 spiro atoms. The molecule has 13 heavy (non-hydrogen) atoms. The molecule has 0 unspecified atom stereocenters. The Bertz CT molecular complexity index is 232. The zero-order chi connectivity index (χ0) is 8.23. The molecule has 1 aliphatic heterocycles. The standard InChI is InChI=1S/C10H14N2.BrH/c1-2-4-10(5-3-1)12-8-6-11-7-9-12;/h1-5,11H,6-9H2;1H. The maximum Gasteiger partial charge on any atom is 0.131 e. The van der Waals surface area contributed by atoms with Crippen molar-refractivity contribution in [1.82, 2.24) is 5.32 Å². The third kappa shape index (κ3) is 2.79. The maximum atomic E-state index is 3.36. The summed E-state index contributed by atoms with van der Waals surface area (Å²) in [7, 11) is 0. The fourth-order valence-electron chi connectivity index (χ4n) is 1.69. The van der Waals surface area contributed by atoms with Crippen LogP contribution in [0.3, 0.4) is 0 Å². The van der Waals surface area contributed by atoms with Crippen LogP contribution in [-0.2, 0) is 0 Å². The van der Waals surface area contributed by atoms with E-state index in [2.05, 4.69) is 35.6 Å². The van der Waals surface area contributed by atoms with Crippen molar-refractivity contribution in [2.24, 2.45) is 0 Å². The van der Waals surface area contributed by atoms with Crippen molar-refractivity contribution in [2.75, 3.05) is 26.2 Å².